The predicted octanol–water partition coefficient (Wildman–Crippen LogP) is 3.07. The molecule has 0 unspecified atom stereocenters. The predicted molar refractivity (Wildman–Crippen MR) is 60.4 cm³/mol. The van der Waals surface area contributed by atoms with Gasteiger partial charge in [0.25, 0.3) is 0 Å². The van der Waals surface area contributed by atoms with E-state index < -0.39 is 0 Å². The van der Waals surface area contributed by atoms with Gasteiger partial charge >= 0.3 is 0 Å². The highest BCUT2D eigenvalue weighted by atomic mass is 127. The maximum atomic E-state index is 5.40. The Morgan fingerprint density at radius 2 is 1.83 bits per heavy atom. The molecule has 0 saturated carbocycles. The van der Waals surface area contributed by atoms with Gasteiger partial charge in [-0.25, -0.2) is 0 Å². The highest BCUT2D eigenvalue weighted by Gasteiger charge is 2.05. The third-order valence-electron chi connectivity index (χ3n) is 1.76. The molecule has 0 saturated heterocycles. The van der Waals surface area contributed by atoms with Gasteiger partial charge in [0.2, 0.25) is 0 Å². The van der Waals surface area contributed by atoms with E-state index in [0.29, 0.717) is 0 Å². The first-order valence-corrected chi connectivity index (χ1v) is 3.85. The Bertz CT molecular complexity index is 266. The molecule has 1 nitrogen and oxygen atoms in total. The molecule has 2 rings (SSSR count). The van der Waals surface area contributed by atoms with Crippen molar-refractivity contribution in [1.29, 1.82) is 0 Å². The summed E-state index contributed by atoms with van der Waals surface area (Å²) in [5.74, 6) is 1.03. The van der Waals surface area contributed by atoms with Crippen LogP contribution in [0.5, 0.6) is 0 Å². The lowest BCUT2D eigenvalue weighted by Gasteiger charge is -2.01. The fraction of sp³-hybridized carbons (Fsp3) is 0.200. The van der Waals surface area contributed by atoms with Crippen LogP contribution >= 0.6 is 24.0 Å². The van der Waals surface area contributed by atoms with Crippen molar-refractivity contribution >= 4 is 29.7 Å². The molecule has 1 aromatic carbocycles. The van der Waals surface area contributed by atoms with E-state index >= 15 is 0 Å². The second kappa shape index (κ2) is 4.50. The summed E-state index contributed by atoms with van der Waals surface area (Å²) in [6.07, 6.45) is 3.18. The molecule has 1 aromatic rings. The summed E-state index contributed by atoms with van der Waals surface area (Å²) < 4.78 is 5.40. The summed E-state index contributed by atoms with van der Waals surface area (Å²) in [6.45, 7) is 0.838. The Kier molecular flexibility index (Phi) is 3.59. The number of rotatable bonds is 1. The van der Waals surface area contributed by atoms with Gasteiger partial charge in [-0.3, -0.25) is 0 Å². The van der Waals surface area contributed by atoms with E-state index in [-0.39, 0.29) is 24.0 Å². The fourth-order valence-electron chi connectivity index (χ4n) is 1.22. The van der Waals surface area contributed by atoms with Crippen molar-refractivity contribution in [2.45, 2.75) is 6.42 Å². The minimum Gasteiger partial charge on any atom is -0.493 e. The van der Waals surface area contributed by atoms with Crippen LogP contribution in [0.4, 0.5) is 0 Å². The lowest BCUT2D eigenvalue weighted by Crippen LogP contribution is -1.84. The van der Waals surface area contributed by atoms with Crippen molar-refractivity contribution in [3.63, 3.8) is 0 Å². The molecule has 0 bridgehead atoms. The molecule has 0 aromatic heterocycles. The molecule has 64 valence electrons. The van der Waals surface area contributed by atoms with Crippen molar-refractivity contribution in [1.82, 2.24) is 0 Å². The Morgan fingerprint density at radius 1 is 1.08 bits per heavy atom. The summed E-state index contributed by atoms with van der Waals surface area (Å²) >= 11 is 0. The van der Waals surface area contributed by atoms with Crippen LogP contribution in [-0.4, -0.2) is 6.61 Å². The molecule has 1 heterocycles. The normalized spacial score (nSPS) is 14.5. The first kappa shape index (κ1) is 9.58. The van der Waals surface area contributed by atoms with Gasteiger partial charge in [-0.05, 0) is 6.08 Å². The SMILES string of the molecule is C1=C(c2ccccc2)OCC1.I. The van der Waals surface area contributed by atoms with Crippen LogP contribution in [0.3, 0.4) is 0 Å². The molecular weight excluding hydrogens is 263 g/mol. The van der Waals surface area contributed by atoms with Crippen molar-refractivity contribution in [2.24, 2.45) is 0 Å². The van der Waals surface area contributed by atoms with Crippen LogP contribution < -0.4 is 0 Å². The van der Waals surface area contributed by atoms with Crippen LogP contribution in [0.25, 0.3) is 5.76 Å². The van der Waals surface area contributed by atoms with Crippen LogP contribution in [0.1, 0.15) is 12.0 Å². The van der Waals surface area contributed by atoms with Crippen molar-refractivity contribution in [3.8, 4) is 0 Å². The molecular formula is C10H11IO. The third kappa shape index (κ3) is 2.00. The number of halogens is 1. The van der Waals surface area contributed by atoms with E-state index in [2.05, 4.69) is 18.2 Å². The summed E-state index contributed by atoms with van der Waals surface area (Å²) in [5, 5.41) is 0. The van der Waals surface area contributed by atoms with Gasteiger partial charge in [0.05, 0.1) is 6.61 Å². The smallest absolute Gasteiger partial charge is 0.122 e. The van der Waals surface area contributed by atoms with E-state index in [9.17, 15) is 0 Å². The van der Waals surface area contributed by atoms with Gasteiger partial charge in [-0.1, -0.05) is 30.3 Å². The Balaban J connectivity index is 0.000000720. The van der Waals surface area contributed by atoms with Gasteiger partial charge in [0.1, 0.15) is 5.76 Å². The van der Waals surface area contributed by atoms with Gasteiger partial charge in [0.15, 0.2) is 0 Å². The highest BCUT2D eigenvalue weighted by molar-refractivity contribution is 14.0. The molecule has 0 amide bonds. The average molecular weight is 274 g/mol. The zero-order chi connectivity index (χ0) is 7.52. The molecule has 0 aliphatic carbocycles. The van der Waals surface area contributed by atoms with E-state index in [1.165, 1.54) is 5.56 Å². The van der Waals surface area contributed by atoms with Crippen molar-refractivity contribution in [3.05, 3.63) is 42.0 Å². The Labute approximate surface area is 89.5 Å². The third-order valence-corrected chi connectivity index (χ3v) is 1.76. The first-order chi connectivity index (χ1) is 5.47. The quantitative estimate of drug-likeness (QED) is 0.715. The summed E-state index contributed by atoms with van der Waals surface area (Å²) in [7, 11) is 0. The van der Waals surface area contributed by atoms with Gasteiger partial charge < -0.3 is 4.74 Å². The average Bonchev–Trinajstić information content (AvgIpc) is 2.58. The largest absolute Gasteiger partial charge is 0.493 e. The summed E-state index contributed by atoms with van der Waals surface area (Å²) in [5.41, 5.74) is 1.19. The molecule has 0 N–H and O–H groups in total. The second-order valence-corrected chi connectivity index (χ2v) is 2.57. The van der Waals surface area contributed by atoms with Crippen LogP contribution in [0, 0.1) is 0 Å². The molecule has 1 aliphatic rings. The van der Waals surface area contributed by atoms with Gasteiger partial charge in [-0.2, -0.15) is 0 Å². The van der Waals surface area contributed by atoms with E-state index in [4.69, 9.17) is 4.74 Å². The maximum absolute atomic E-state index is 5.40. The number of hydrogen-bond acceptors (Lipinski definition) is 1. The van der Waals surface area contributed by atoms with Crippen LogP contribution in [0.2, 0.25) is 0 Å². The standard InChI is InChI=1S/C10H10O.HI/c1-2-5-9(6-3-1)10-7-4-8-11-10;/h1-3,5-7H,4,8H2;1H. The molecule has 2 heteroatoms. The summed E-state index contributed by atoms with van der Waals surface area (Å²) in [4.78, 5) is 0. The minimum absolute atomic E-state index is 0. The molecule has 0 spiro atoms. The van der Waals surface area contributed by atoms with Crippen LogP contribution in [-0.2, 0) is 4.74 Å². The van der Waals surface area contributed by atoms with Crippen molar-refractivity contribution in [2.75, 3.05) is 6.61 Å². The Hall–Kier alpha value is -0.510. The zero-order valence-corrected chi connectivity index (χ0v) is 9.03. The maximum Gasteiger partial charge on any atom is 0.122 e. The molecule has 12 heavy (non-hydrogen) atoms. The van der Waals surface area contributed by atoms with E-state index in [0.717, 1.165) is 18.8 Å². The molecule has 0 fully saturated rings. The van der Waals surface area contributed by atoms with Gasteiger partial charge in [-0.15, -0.1) is 24.0 Å². The first-order valence-electron chi connectivity index (χ1n) is 3.85. The number of hydrogen-bond donors (Lipinski definition) is 0. The lowest BCUT2D eigenvalue weighted by atomic mass is 10.2. The monoisotopic (exact) mass is 274 g/mol. The number of ether oxygens (including phenoxy) is 1. The highest BCUT2D eigenvalue weighted by Crippen LogP contribution is 2.20. The van der Waals surface area contributed by atoms with Crippen molar-refractivity contribution < 1.29 is 4.74 Å². The number of benzene rings is 1. The van der Waals surface area contributed by atoms with Gasteiger partial charge in [0, 0.05) is 12.0 Å². The molecule has 0 radical (unpaired) electrons. The summed E-state index contributed by atoms with van der Waals surface area (Å²) in [6, 6.07) is 10.2. The molecule has 1 aliphatic heterocycles. The molecule has 0 atom stereocenters. The van der Waals surface area contributed by atoms with Crippen LogP contribution in [0.15, 0.2) is 36.4 Å². The fourth-order valence-corrected chi connectivity index (χ4v) is 1.22. The lowest BCUT2D eigenvalue weighted by molar-refractivity contribution is 0.307. The second-order valence-electron chi connectivity index (χ2n) is 2.57. The van der Waals surface area contributed by atoms with E-state index in [1.807, 2.05) is 18.2 Å². The van der Waals surface area contributed by atoms with E-state index in [1.54, 1.807) is 0 Å². The zero-order valence-electron chi connectivity index (χ0n) is 6.69. The topological polar surface area (TPSA) is 9.23 Å². The minimum atomic E-state index is 0. The Morgan fingerprint density at radius 3 is 2.42 bits per heavy atom.